The second-order valence-corrected chi connectivity index (χ2v) is 11.2. The predicted octanol–water partition coefficient (Wildman–Crippen LogP) is 5.69. The number of carbonyl (C=O) groups is 1. The molecule has 37 heavy (non-hydrogen) atoms. The zero-order valence-electron chi connectivity index (χ0n) is 20.7. The lowest BCUT2D eigenvalue weighted by molar-refractivity contribution is -0.119. The first-order chi connectivity index (χ1) is 17.8. The second-order valence-electron chi connectivity index (χ2n) is 8.92. The van der Waals surface area contributed by atoms with Crippen LogP contribution in [0.5, 0.6) is 5.75 Å². The van der Waals surface area contributed by atoms with Gasteiger partial charge in [0.2, 0.25) is 5.91 Å². The van der Waals surface area contributed by atoms with E-state index in [1.54, 1.807) is 36.4 Å². The maximum atomic E-state index is 13.5. The van der Waals surface area contributed by atoms with Crippen molar-refractivity contribution in [2.24, 2.45) is 5.92 Å². The molecule has 4 rings (SSSR count). The van der Waals surface area contributed by atoms with E-state index >= 15 is 0 Å². The monoisotopic (exact) mass is 536 g/mol. The molecule has 0 saturated carbocycles. The van der Waals surface area contributed by atoms with E-state index in [2.05, 4.69) is 36.5 Å². The quantitative estimate of drug-likeness (QED) is 0.282. The number of amides is 1. The number of hydrogen-bond acceptors (Lipinski definition) is 4. The molecule has 0 saturated heterocycles. The standard InChI is InChI=1S/C29H29ClN2O4S/c1-21(18-23-8-5-7-22-6-3-4-9-28(22)23)19-31-29(33)20-32(25-12-10-24(30)11-13-25)37(34,35)27-16-14-26(36-2)15-17-27/h3-17,21H,18-20H2,1-2H3,(H,31,33). The Labute approximate surface area is 222 Å². The number of rotatable bonds is 10. The Hall–Kier alpha value is -3.55. The molecule has 1 unspecified atom stereocenters. The third-order valence-corrected chi connectivity index (χ3v) is 8.19. The summed E-state index contributed by atoms with van der Waals surface area (Å²) in [6.07, 6.45) is 0.784. The number of hydrogen-bond donors (Lipinski definition) is 1. The number of nitrogens with zero attached hydrogens (tertiary/aromatic N) is 1. The van der Waals surface area contributed by atoms with E-state index in [1.165, 1.54) is 35.6 Å². The fraction of sp³-hybridized carbons (Fsp3) is 0.207. The molecular weight excluding hydrogens is 508 g/mol. The van der Waals surface area contributed by atoms with E-state index in [-0.39, 0.29) is 17.4 Å². The zero-order chi connectivity index (χ0) is 26.4. The van der Waals surface area contributed by atoms with Crippen LogP contribution in [0.1, 0.15) is 12.5 Å². The highest BCUT2D eigenvalue weighted by Crippen LogP contribution is 2.26. The molecule has 8 heteroatoms. The number of carbonyl (C=O) groups excluding carboxylic acids is 1. The number of anilines is 1. The third kappa shape index (κ3) is 6.42. The molecule has 0 aliphatic carbocycles. The topological polar surface area (TPSA) is 75.7 Å². The minimum atomic E-state index is -4.02. The average molecular weight is 537 g/mol. The van der Waals surface area contributed by atoms with Gasteiger partial charge in [0.05, 0.1) is 17.7 Å². The normalized spacial score (nSPS) is 12.2. The number of ether oxygens (including phenoxy) is 1. The highest BCUT2D eigenvalue weighted by atomic mass is 35.5. The molecule has 6 nitrogen and oxygen atoms in total. The first-order valence-electron chi connectivity index (χ1n) is 11.9. The summed E-state index contributed by atoms with van der Waals surface area (Å²) in [4.78, 5) is 13.0. The van der Waals surface area contributed by atoms with Crippen LogP contribution in [0.15, 0.2) is 95.9 Å². The maximum Gasteiger partial charge on any atom is 0.264 e. The summed E-state index contributed by atoms with van der Waals surface area (Å²) in [7, 11) is -2.52. The summed E-state index contributed by atoms with van der Waals surface area (Å²) < 4.78 is 33.3. The molecule has 0 aromatic heterocycles. The molecule has 4 aromatic rings. The largest absolute Gasteiger partial charge is 0.497 e. The lowest BCUT2D eigenvalue weighted by atomic mass is 9.96. The van der Waals surface area contributed by atoms with E-state index in [0.29, 0.717) is 23.0 Å². The van der Waals surface area contributed by atoms with Crippen molar-refractivity contribution in [3.05, 3.63) is 102 Å². The molecule has 1 amide bonds. The van der Waals surface area contributed by atoms with Gasteiger partial charge in [-0.2, -0.15) is 0 Å². The van der Waals surface area contributed by atoms with Crippen LogP contribution in [0.2, 0.25) is 5.02 Å². The number of methoxy groups -OCH3 is 1. The summed E-state index contributed by atoms with van der Waals surface area (Å²) in [6.45, 7) is 2.11. The highest BCUT2D eigenvalue weighted by molar-refractivity contribution is 7.92. The van der Waals surface area contributed by atoms with Gasteiger partial charge in [0.15, 0.2) is 0 Å². The summed E-state index contributed by atoms with van der Waals surface area (Å²) in [5, 5.41) is 5.76. The minimum absolute atomic E-state index is 0.0559. The summed E-state index contributed by atoms with van der Waals surface area (Å²) in [5.41, 5.74) is 1.56. The number of nitrogens with one attached hydrogen (secondary N) is 1. The molecule has 4 aromatic carbocycles. The van der Waals surface area contributed by atoms with Crippen molar-refractivity contribution < 1.29 is 17.9 Å². The van der Waals surface area contributed by atoms with Crippen LogP contribution in [0.3, 0.4) is 0 Å². The van der Waals surface area contributed by atoms with E-state index in [1.807, 2.05) is 18.2 Å². The number of benzene rings is 4. The number of halogens is 1. The smallest absolute Gasteiger partial charge is 0.264 e. The second kappa shape index (κ2) is 11.7. The van der Waals surface area contributed by atoms with Gasteiger partial charge >= 0.3 is 0 Å². The van der Waals surface area contributed by atoms with Crippen LogP contribution in [0, 0.1) is 5.92 Å². The van der Waals surface area contributed by atoms with Gasteiger partial charge in [-0.1, -0.05) is 61.0 Å². The zero-order valence-corrected chi connectivity index (χ0v) is 22.3. The molecule has 0 aliphatic heterocycles. The Morgan fingerprint density at radius 1 is 0.946 bits per heavy atom. The Morgan fingerprint density at radius 3 is 2.32 bits per heavy atom. The number of sulfonamides is 1. The molecule has 1 N–H and O–H groups in total. The molecule has 0 bridgehead atoms. The summed E-state index contributed by atoms with van der Waals surface area (Å²) in [6, 6.07) is 26.9. The minimum Gasteiger partial charge on any atom is -0.497 e. The molecular formula is C29H29ClN2O4S. The Bertz CT molecular complexity index is 1470. The van der Waals surface area contributed by atoms with E-state index in [0.717, 1.165) is 10.7 Å². The van der Waals surface area contributed by atoms with Crippen molar-refractivity contribution in [1.82, 2.24) is 5.32 Å². The lowest BCUT2D eigenvalue weighted by Crippen LogP contribution is -2.42. The molecule has 0 fully saturated rings. The van der Waals surface area contributed by atoms with Crippen molar-refractivity contribution in [3.63, 3.8) is 0 Å². The van der Waals surface area contributed by atoms with Crippen LogP contribution >= 0.6 is 11.6 Å². The number of fused-ring (bicyclic) bond motifs is 1. The fourth-order valence-corrected chi connectivity index (χ4v) is 5.74. The van der Waals surface area contributed by atoms with Gasteiger partial charge in [-0.25, -0.2) is 8.42 Å². The van der Waals surface area contributed by atoms with Gasteiger partial charge < -0.3 is 10.1 Å². The highest BCUT2D eigenvalue weighted by Gasteiger charge is 2.27. The summed E-state index contributed by atoms with van der Waals surface area (Å²) in [5.74, 6) is 0.295. The van der Waals surface area contributed by atoms with Crippen molar-refractivity contribution in [1.29, 1.82) is 0 Å². The lowest BCUT2D eigenvalue weighted by Gasteiger charge is -2.24. The molecule has 1 atom stereocenters. The van der Waals surface area contributed by atoms with Crippen molar-refractivity contribution in [2.75, 3.05) is 24.5 Å². The molecule has 0 radical (unpaired) electrons. The van der Waals surface area contributed by atoms with Gasteiger partial charge in [0.25, 0.3) is 10.0 Å². The Balaban J connectivity index is 1.48. The molecule has 0 spiro atoms. The van der Waals surface area contributed by atoms with Crippen molar-refractivity contribution in [3.8, 4) is 5.75 Å². The van der Waals surface area contributed by atoms with Crippen LogP contribution < -0.4 is 14.4 Å². The van der Waals surface area contributed by atoms with Crippen molar-refractivity contribution in [2.45, 2.75) is 18.2 Å². The summed E-state index contributed by atoms with van der Waals surface area (Å²) >= 11 is 6.01. The molecule has 192 valence electrons. The third-order valence-electron chi connectivity index (χ3n) is 6.15. The first-order valence-corrected chi connectivity index (χ1v) is 13.8. The van der Waals surface area contributed by atoms with Crippen LogP contribution in [0.25, 0.3) is 10.8 Å². The van der Waals surface area contributed by atoms with E-state index < -0.39 is 15.9 Å². The maximum absolute atomic E-state index is 13.5. The van der Waals surface area contributed by atoms with Crippen LogP contribution in [-0.4, -0.2) is 34.5 Å². The van der Waals surface area contributed by atoms with E-state index in [4.69, 9.17) is 16.3 Å². The Morgan fingerprint density at radius 2 is 1.62 bits per heavy atom. The van der Waals surface area contributed by atoms with Crippen molar-refractivity contribution >= 4 is 44.0 Å². The van der Waals surface area contributed by atoms with Gasteiger partial charge in [0.1, 0.15) is 12.3 Å². The van der Waals surface area contributed by atoms with Gasteiger partial charge in [-0.15, -0.1) is 0 Å². The van der Waals surface area contributed by atoms with Gasteiger partial charge in [-0.3, -0.25) is 9.10 Å². The van der Waals surface area contributed by atoms with Crippen LogP contribution in [-0.2, 0) is 21.2 Å². The van der Waals surface area contributed by atoms with Gasteiger partial charge in [0, 0.05) is 11.6 Å². The van der Waals surface area contributed by atoms with Crippen LogP contribution in [0.4, 0.5) is 5.69 Å². The predicted molar refractivity (Wildman–Crippen MR) is 149 cm³/mol. The first kappa shape index (κ1) is 26.5. The molecule has 0 aliphatic rings. The fourth-order valence-electron chi connectivity index (χ4n) is 4.19. The Kier molecular flexibility index (Phi) is 8.36. The SMILES string of the molecule is COc1ccc(S(=O)(=O)N(CC(=O)NCC(C)Cc2cccc3ccccc23)c2ccc(Cl)cc2)cc1. The van der Waals surface area contributed by atoms with Gasteiger partial charge in [-0.05, 0) is 77.2 Å². The average Bonchev–Trinajstić information content (AvgIpc) is 2.91. The van der Waals surface area contributed by atoms with E-state index in [9.17, 15) is 13.2 Å². The molecule has 0 heterocycles.